The van der Waals surface area contributed by atoms with Gasteiger partial charge in [-0.3, -0.25) is 0 Å². The third-order valence-electron chi connectivity index (χ3n) is 3.52. The quantitative estimate of drug-likeness (QED) is 0.741. The van der Waals surface area contributed by atoms with E-state index in [1.165, 1.54) is 25.9 Å². The van der Waals surface area contributed by atoms with Gasteiger partial charge in [0.25, 0.3) is 0 Å². The summed E-state index contributed by atoms with van der Waals surface area (Å²) in [6, 6.07) is 0.611. The predicted octanol–water partition coefficient (Wildman–Crippen LogP) is 1.41. The van der Waals surface area contributed by atoms with Gasteiger partial charge in [-0.2, -0.15) is 0 Å². The van der Waals surface area contributed by atoms with E-state index in [4.69, 9.17) is 11.6 Å². The van der Waals surface area contributed by atoms with Gasteiger partial charge in [-0.05, 0) is 12.8 Å². The predicted molar refractivity (Wildman–Crippen MR) is 63.9 cm³/mol. The van der Waals surface area contributed by atoms with Crippen LogP contribution in [0, 0.1) is 0 Å². The van der Waals surface area contributed by atoms with Crippen LogP contribution < -0.4 is 4.90 Å². The third kappa shape index (κ3) is 1.87. The molecule has 0 aliphatic carbocycles. The van der Waals surface area contributed by atoms with Crippen molar-refractivity contribution < 1.29 is 0 Å². The molecule has 0 aromatic carbocycles. The Balaban J connectivity index is 1.85. The van der Waals surface area contributed by atoms with Crippen molar-refractivity contribution in [2.75, 3.05) is 31.1 Å². The molecule has 3 saturated heterocycles. The molecular formula is C11H15ClN4. The van der Waals surface area contributed by atoms with Crippen molar-refractivity contribution >= 4 is 17.5 Å². The fourth-order valence-corrected chi connectivity index (χ4v) is 2.70. The molecule has 4 rings (SSSR count). The highest BCUT2D eigenvalue weighted by Gasteiger charge is 2.30. The van der Waals surface area contributed by atoms with Gasteiger partial charge in [-0.1, -0.05) is 11.6 Å². The van der Waals surface area contributed by atoms with Crippen molar-refractivity contribution in [1.29, 1.82) is 0 Å². The van der Waals surface area contributed by atoms with Gasteiger partial charge in [-0.15, -0.1) is 0 Å². The summed E-state index contributed by atoms with van der Waals surface area (Å²) in [5, 5.41) is 0.603. The molecule has 1 aromatic rings. The number of piperidine rings is 1. The Kier molecular flexibility index (Phi) is 2.69. The average molecular weight is 239 g/mol. The van der Waals surface area contributed by atoms with Crippen LogP contribution in [0.4, 0.5) is 5.95 Å². The molecule has 0 radical (unpaired) electrons. The van der Waals surface area contributed by atoms with Crippen LogP contribution >= 0.6 is 11.6 Å². The van der Waals surface area contributed by atoms with Gasteiger partial charge < -0.3 is 9.80 Å². The van der Waals surface area contributed by atoms with Crippen molar-refractivity contribution in [2.24, 2.45) is 0 Å². The van der Waals surface area contributed by atoms with Gasteiger partial charge in [0.2, 0.25) is 5.95 Å². The van der Waals surface area contributed by atoms with Crippen LogP contribution in [-0.4, -0.2) is 47.1 Å². The van der Waals surface area contributed by atoms with E-state index in [1.54, 1.807) is 12.4 Å². The second kappa shape index (κ2) is 4.18. The summed E-state index contributed by atoms with van der Waals surface area (Å²) in [7, 11) is 0. The molecule has 1 aromatic heterocycles. The minimum absolute atomic E-state index is 0.603. The molecule has 0 atom stereocenters. The van der Waals surface area contributed by atoms with Crippen molar-refractivity contribution in [3.05, 3.63) is 17.4 Å². The van der Waals surface area contributed by atoms with Gasteiger partial charge in [0.1, 0.15) is 0 Å². The van der Waals surface area contributed by atoms with Crippen molar-refractivity contribution in [1.82, 2.24) is 14.9 Å². The molecule has 0 N–H and O–H groups in total. The molecule has 0 unspecified atom stereocenters. The maximum absolute atomic E-state index is 5.81. The van der Waals surface area contributed by atoms with Crippen molar-refractivity contribution in [2.45, 2.75) is 18.9 Å². The number of hydrogen-bond donors (Lipinski definition) is 0. The second-order valence-corrected chi connectivity index (χ2v) is 4.90. The number of fused-ring (bicyclic) bond motifs is 4. The lowest BCUT2D eigenvalue weighted by Crippen LogP contribution is -2.38. The maximum Gasteiger partial charge on any atom is 0.225 e. The molecule has 86 valence electrons. The molecule has 16 heavy (non-hydrogen) atoms. The molecule has 0 saturated carbocycles. The summed E-state index contributed by atoms with van der Waals surface area (Å²) in [5.74, 6) is 0.832. The molecule has 4 nitrogen and oxygen atoms in total. The van der Waals surface area contributed by atoms with Crippen LogP contribution in [0.25, 0.3) is 0 Å². The summed E-state index contributed by atoms with van der Waals surface area (Å²) in [4.78, 5) is 13.5. The monoisotopic (exact) mass is 238 g/mol. The average Bonchev–Trinajstić information content (AvgIpc) is 2.64. The Morgan fingerprint density at radius 3 is 2.44 bits per heavy atom. The fraction of sp³-hybridized carbons (Fsp3) is 0.636. The lowest BCUT2D eigenvalue weighted by molar-refractivity contribution is 0.250. The van der Waals surface area contributed by atoms with Crippen LogP contribution in [0.5, 0.6) is 0 Å². The Morgan fingerprint density at radius 2 is 1.75 bits per heavy atom. The van der Waals surface area contributed by atoms with Crippen LogP contribution in [0.2, 0.25) is 5.02 Å². The van der Waals surface area contributed by atoms with E-state index in [-0.39, 0.29) is 0 Å². The Bertz CT molecular complexity index is 359. The zero-order valence-electron chi connectivity index (χ0n) is 9.14. The standard InChI is InChI=1S/C11H15ClN4/c12-9-7-13-11(14-8-9)16-6-5-15-3-1-10(16)2-4-15/h7-8,10H,1-6H2. The number of halogens is 1. The van der Waals surface area contributed by atoms with Gasteiger partial charge >= 0.3 is 0 Å². The van der Waals surface area contributed by atoms with E-state index in [2.05, 4.69) is 19.8 Å². The summed E-state index contributed by atoms with van der Waals surface area (Å²) in [6.07, 6.45) is 5.82. The molecule has 4 heterocycles. The minimum Gasteiger partial charge on any atom is -0.336 e. The van der Waals surface area contributed by atoms with Crippen molar-refractivity contribution in [3.8, 4) is 0 Å². The zero-order chi connectivity index (χ0) is 11.0. The SMILES string of the molecule is Clc1cnc(N2CCN3CCC2CC3)nc1. The first-order chi connectivity index (χ1) is 7.83. The highest BCUT2D eigenvalue weighted by atomic mass is 35.5. The third-order valence-corrected chi connectivity index (χ3v) is 3.71. The van der Waals surface area contributed by atoms with Crippen LogP contribution in [-0.2, 0) is 0 Å². The lowest BCUT2D eigenvalue weighted by Gasteiger charge is -2.31. The van der Waals surface area contributed by atoms with Crippen LogP contribution in [0.15, 0.2) is 12.4 Å². The van der Waals surface area contributed by atoms with Gasteiger partial charge in [-0.25, -0.2) is 9.97 Å². The maximum atomic E-state index is 5.81. The summed E-state index contributed by atoms with van der Waals surface area (Å²) < 4.78 is 0. The van der Waals surface area contributed by atoms with E-state index < -0.39 is 0 Å². The zero-order valence-corrected chi connectivity index (χ0v) is 9.90. The van der Waals surface area contributed by atoms with Gasteiger partial charge in [0.05, 0.1) is 17.4 Å². The summed E-state index contributed by atoms with van der Waals surface area (Å²) >= 11 is 5.81. The highest BCUT2D eigenvalue weighted by Crippen LogP contribution is 2.24. The highest BCUT2D eigenvalue weighted by molar-refractivity contribution is 6.30. The topological polar surface area (TPSA) is 32.3 Å². The molecule has 0 spiro atoms. The van der Waals surface area contributed by atoms with E-state index >= 15 is 0 Å². The number of nitrogens with zero attached hydrogens (tertiary/aromatic N) is 4. The Hall–Kier alpha value is -0.870. The Labute approximate surface area is 100 Å². The first-order valence-corrected chi connectivity index (χ1v) is 6.17. The van der Waals surface area contributed by atoms with Crippen LogP contribution in [0.3, 0.4) is 0 Å². The molecule has 2 bridgehead atoms. The van der Waals surface area contributed by atoms with Crippen molar-refractivity contribution in [3.63, 3.8) is 0 Å². The summed E-state index contributed by atoms with van der Waals surface area (Å²) in [6.45, 7) is 4.60. The second-order valence-electron chi connectivity index (χ2n) is 4.47. The smallest absolute Gasteiger partial charge is 0.225 e. The Morgan fingerprint density at radius 1 is 1.06 bits per heavy atom. The first-order valence-electron chi connectivity index (χ1n) is 5.79. The number of aromatic nitrogens is 2. The van der Waals surface area contributed by atoms with E-state index in [1.807, 2.05) is 0 Å². The lowest BCUT2D eigenvalue weighted by atomic mass is 10.1. The molecule has 3 aliphatic heterocycles. The number of rotatable bonds is 1. The molecule has 3 aliphatic rings. The number of anilines is 1. The van der Waals surface area contributed by atoms with E-state index in [9.17, 15) is 0 Å². The fourth-order valence-electron chi connectivity index (χ4n) is 2.60. The van der Waals surface area contributed by atoms with E-state index in [0.717, 1.165) is 19.0 Å². The molecule has 5 heteroatoms. The molecule has 0 amide bonds. The van der Waals surface area contributed by atoms with Gasteiger partial charge in [0.15, 0.2) is 0 Å². The summed E-state index contributed by atoms with van der Waals surface area (Å²) in [5.41, 5.74) is 0. The molecule has 3 fully saturated rings. The van der Waals surface area contributed by atoms with Gasteiger partial charge in [0, 0.05) is 32.2 Å². The van der Waals surface area contributed by atoms with E-state index in [0.29, 0.717) is 11.1 Å². The number of hydrogen-bond acceptors (Lipinski definition) is 4. The normalized spacial score (nSPS) is 29.2. The molecular weight excluding hydrogens is 224 g/mol. The largest absolute Gasteiger partial charge is 0.336 e. The van der Waals surface area contributed by atoms with Crippen LogP contribution in [0.1, 0.15) is 12.8 Å². The minimum atomic E-state index is 0.603. The first kappa shape index (κ1) is 10.3.